The zero-order valence-electron chi connectivity index (χ0n) is 7.52. The first-order chi connectivity index (χ1) is 5.79. The van der Waals surface area contributed by atoms with Crippen LogP contribution < -0.4 is 0 Å². The van der Waals surface area contributed by atoms with Crippen LogP contribution in [0.1, 0.15) is 19.7 Å². The lowest BCUT2D eigenvalue weighted by Crippen LogP contribution is -2.01. The van der Waals surface area contributed by atoms with Gasteiger partial charge >= 0.3 is 0 Å². The molecule has 12 heavy (non-hydrogen) atoms. The fourth-order valence-electron chi connectivity index (χ4n) is 0.848. The van der Waals surface area contributed by atoms with Gasteiger partial charge in [0, 0.05) is 12.7 Å². The Hall–Kier alpha value is -1.45. The summed E-state index contributed by atoms with van der Waals surface area (Å²) in [6.07, 6.45) is 5.17. The van der Waals surface area contributed by atoms with Crippen LogP contribution in [0.4, 0.5) is 0 Å². The first-order valence-corrected chi connectivity index (χ1v) is 3.75. The summed E-state index contributed by atoms with van der Waals surface area (Å²) in [5.74, 6) is 0.758. The van der Waals surface area contributed by atoms with Crippen LogP contribution >= 0.6 is 0 Å². The van der Waals surface area contributed by atoms with Crippen LogP contribution in [0.15, 0.2) is 17.4 Å². The molecule has 0 radical (unpaired) electrons. The maximum atomic E-state index is 4.05. The molecule has 0 N–H and O–H groups in total. The van der Waals surface area contributed by atoms with Crippen LogP contribution in [0.25, 0.3) is 5.70 Å². The van der Waals surface area contributed by atoms with Crippen molar-refractivity contribution in [2.75, 3.05) is 7.05 Å². The lowest BCUT2D eigenvalue weighted by atomic mass is 10.4. The molecule has 0 aromatic carbocycles. The average molecular weight is 164 g/mol. The van der Waals surface area contributed by atoms with Gasteiger partial charge in [0.1, 0.15) is 6.33 Å². The highest BCUT2D eigenvalue weighted by Gasteiger charge is 2.00. The number of allylic oxidation sites excluding steroid dienone is 2. The maximum absolute atomic E-state index is 4.05. The summed E-state index contributed by atoms with van der Waals surface area (Å²) < 4.78 is 1.74. The van der Waals surface area contributed by atoms with Crippen molar-refractivity contribution in [1.82, 2.24) is 14.8 Å². The Morgan fingerprint density at radius 3 is 3.00 bits per heavy atom. The molecule has 0 aliphatic rings. The summed E-state index contributed by atoms with van der Waals surface area (Å²) in [4.78, 5) is 7.92. The molecule has 0 unspecified atom stereocenters. The third-order valence-electron chi connectivity index (χ3n) is 1.57. The fourth-order valence-corrected chi connectivity index (χ4v) is 0.848. The van der Waals surface area contributed by atoms with Gasteiger partial charge in [-0.3, -0.25) is 4.99 Å². The van der Waals surface area contributed by atoms with Gasteiger partial charge in [-0.05, 0) is 13.8 Å². The van der Waals surface area contributed by atoms with Crippen molar-refractivity contribution in [3.05, 3.63) is 18.2 Å². The van der Waals surface area contributed by atoms with Crippen molar-refractivity contribution in [2.24, 2.45) is 4.99 Å². The van der Waals surface area contributed by atoms with Crippen LogP contribution in [-0.4, -0.2) is 28.0 Å². The van der Waals surface area contributed by atoms with Crippen molar-refractivity contribution in [3.8, 4) is 0 Å². The van der Waals surface area contributed by atoms with Crippen molar-refractivity contribution in [3.63, 3.8) is 0 Å². The molecule has 64 valence electrons. The number of nitrogens with zero attached hydrogens (tertiary/aromatic N) is 4. The molecular weight excluding hydrogens is 152 g/mol. The summed E-state index contributed by atoms with van der Waals surface area (Å²) in [6, 6.07) is 0. The molecule has 1 aromatic heterocycles. The Morgan fingerprint density at radius 2 is 2.42 bits per heavy atom. The molecule has 0 aliphatic heterocycles. The molecule has 0 spiro atoms. The minimum Gasteiger partial charge on any atom is -0.293 e. The fraction of sp³-hybridized carbons (Fsp3) is 0.375. The Balaban J connectivity index is 3.07. The normalized spacial score (nSPS) is 12.8. The molecule has 1 rings (SSSR count). The zero-order valence-corrected chi connectivity index (χ0v) is 7.52. The smallest absolute Gasteiger partial charge is 0.173 e. The predicted molar refractivity (Wildman–Crippen MR) is 49.2 cm³/mol. The molecule has 0 saturated carbocycles. The third-order valence-corrected chi connectivity index (χ3v) is 1.57. The molecular formula is C8H12N4. The zero-order chi connectivity index (χ0) is 8.97. The van der Waals surface area contributed by atoms with E-state index in [4.69, 9.17) is 0 Å². The molecule has 0 bridgehead atoms. The lowest BCUT2D eigenvalue weighted by Gasteiger charge is -2.00. The van der Waals surface area contributed by atoms with E-state index in [1.54, 1.807) is 17.9 Å². The number of rotatable bonds is 2. The van der Waals surface area contributed by atoms with Gasteiger partial charge in [-0.25, -0.2) is 9.67 Å². The Labute approximate surface area is 71.7 Å². The van der Waals surface area contributed by atoms with Crippen molar-refractivity contribution < 1.29 is 0 Å². The summed E-state index contributed by atoms with van der Waals surface area (Å²) in [7, 11) is 1.71. The van der Waals surface area contributed by atoms with Gasteiger partial charge in [-0.2, -0.15) is 5.10 Å². The van der Waals surface area contributed by atoms with E-state index in [1.165, 1.54) is 6.33 Å². The van der Waals surface area contributed by atoms with Gasteiger partial charge in [0.2, 0.25) is 0 Å². The Morgan fingerprint density at radius 1 is 1.67 bits per heavy atom. The van der Waals surface area contributed by atoms with E-state index >= 15 is 0 Å². The summed E-state index contributed by atoms with van der Waals surface area (Å²) >= 11 is 0. The number of aliphatic imine (C=N–C) groups is 1. The summed E-state index contributed by atoms with van der Waals surface area (Å²) in [5, 5.41) is 4.05. The first-order valence-electron chi connectivity index (χ1n) is 3.75. The van der Waals surface area contributed by atoms with Crippen molar-refractivity contribution in [2.45, 2.75) is 13.8 Å². The van der Waals surface area contributed by atoms with Crippen LogP contribution in [-0.2, 0) is 0 Å². The van der Waals surface area contributed by atoms with Crippen LogP contribution in [0.2, 0.25) is 0 Å². The molecule has 4 heteroatoms. The van der Waals surface area contributed by atoms with Gasteiger partial charge in [0.15, 0.2) is 5.82 Å². The number of hydrogen-bond donors (Lipinski definition) is 0. The number of aromatic nitrogens is 3. The lowest BCUT2D eigenvalue weighted by molar-refractivity contribution is 0.884. The molecule has 1 heterocycles. The minimum absolute atomic E-state index is 0.758. The molecule has 0 amide bonds. The minimum atomic E-state index is 0.758. The second-order valence-electron chi connectivity index (χ2n) is 2.35. The second-order valence-corrected chi connectivity index (χ2v) is 2.35. The third kappa shape index (κ3) is 1.58. The molecule has 0 aliphatic carbocycles. The monoisotopic (exact) mass is 164 g/mol. The standard InChI is InChI=1S/C8H12N4/c1-4-7(2)12-8(5-9-3)10-6-11-12/h4-6H,1-3H3/b7-4-,9-5+. The Kier molecular flexibility index (Phi) is 2.74. The van der Waals surface area contributed by atoms with Gasteiger partial charge in [0.25, 0.3) is 0 Å². The van der Waals surface area contributed by atoms with E-state index in [0.717, 1.165) is 11.5 Å². The molecule has 1 aromatic rings. The largest absolute Gasteiger partial charge is 0.293 e. The SMILES string of the molecule is C/C=C(/C)n1ncnc1/C=N/C. The Bertz CT molecular complexity index is 309. The highest BCUT2D eigenvalue weighted by atomic mass is 15.3. The van der Waals surface area contributed by atoms with E-state index in [9.17, 15) is 0 Å². The highest BCUT2D eigenvalue weighted by molar-refractivity contribution is 5.76. The van der Waals surface area contributed by atoms with Crippen molar-refractivity contribution in [1.29, 1.82) is 0 Å². The van der Waals surface area contributed by atoms with E-state index in [1.807, 2.05) is 19.9 Å². The quantitative estimate of drug-likeness (QED) is 0.616. The van der Waals surface area contributed by atoms with Gasteiger partial charge in [-0.1, -0.05) is 6.08 Å². The number of hydrogen-bond acceptors (Lipinski definition) is 3. The predicted octanol–water partition coefficient (Wildman–Crippen LogP) is 1.21. The topological polar surface area (TPSA) is 43.1 Å². The van der Waals surface area contributed by atoms with Gasteiger partial charge in [0.05, 0.1) is 6.21 Å². The summed E-state index contributed by atoms with van der Waals surface area (Å²) in [6.45, 7) is 3.94. The van der Waals surface area contributed by atoms with Crippen LogP contribution in [0.3, 0.4) is 0 Å². The second kappa shape index (κ2) is 3.80. The molecule has 0 fully saturated rings. The maximum Gasteiger partial charge on any atom is 0.173 e. The van der Waals surface area contributed by atoms with Crippen LogP contribution in [0, 0.1) is 0 Å². The first kappa shape index (κ1) is 8.64. The van der Waals surface area contributed by atoms with Crippen molar-refractivity contribution >= 4 is 11.9 Å². The molecule has 4 nitrogen and oxygen atoms in total. The van der Waals surface area contributed by atoms with E-state index < -0.39 is 0 Å². The van der Waals surface area contributed by atoms with E-state index in [-0.39, 0.29) is 0 Å². The summed E-state index contributed by atoms with van der Waals surface area (Å²) in [5.41, 5.74) is 1.04. The van der Waals surface area contributed by atoms with Crippen LogP contribution in [0.5, 0.6) is 0 Å². The average Bonchev–Trinajstić information content (AvgIpc) is 2.52. The van der Waals surface area contributed by atoms with E-state index in [0.29, 0.717) is 0 Å². The van der Waals surface area contributed by atoms with E-state index in [2.05, 4.69) is 15.1 Å². The highest BCUT2D eigenvalue weighted by Crippen LogP contribution is 2.01. The van der Waals surface area contributed by atoms with Gasteiger partial charge < -0.3 is 0 Å². The van der Waals surface area contributed by atoms with Gasteiger partial charge in [-0.15, -0.1) is 0 Å². The molecule has 0 atom stereocenters. The molecule has 0 saturated heterocycles.